The van der Waals surface area contributed by atoms with E-state index in [2.05, 4.69) is 29.6 Å². The maximum atomic E-state index is 5.53. The molecule has 1 rings (SSSR count). The van der Waals surface area contributed by atoms with E-state index in [0.29, 0.717) is 5.88 Å². The number of nitrogens with one attached hydrogen (secondary N) is 1. The van der Waals surface area contributed by atoms with Gasteiger partial charge in [0.1, 0.15) is 0 Å². The first kappa shape index (κ1) is 10.9. The molecule has 0 spiro atoms. The van der Waals surface area contributed by atoms with Crippen molar-refractivity contribution in [1.82, 2.24) is 5.32 Å². The minimum absolute atomic E-state index is 0.690. The molecule has 0 heterocycles. The Morgan fingerprint density at radius 2 is 1.92 bits per heavy atom. The van der Waals surface area contributed by atoms with Gasteiger partial charge in [-0.2, -0.15) is 0 Å². The highest BCUT2D eigenvalue weighted by atomic mass is 35.5. The van der Waals surface area contributed by atoms with Crippen LogP contribution in [0.25, 0.3) is 0 Å². The van der Waals surface area contributed by atoms with Gasteiger partial charge in [-0.3, -0.25) is 0 Å². The number of halogens is 1. The summed E-state index contributed by atoms with van der Waals surface area (Å²) in [5.41, 5.74) is 0. The molecule has 0 aliphatic rings. The summed E-state index contributed by atoms with van der Waals surface area (Å²) >= 11 is 7.39. The van der Waals surface area contributed by atoms with Gasteiger partial charge in [0, 0.05) is 29.6 Å². The van der Waals surface area contributed by atoms with Crippen molar-refractivity contribution in [2.24, 2.45) is 0 Å². The van der Waals surface area contributed by atoms with E-state index < -0.39 is 0 Å². The van der Waals surface area contributed by atoms with Gasteiger partial charge in [-0.05, 0) is 12.1 Å². The summed E-state index contributed by atoms with van der Waals surface area (Å²) in [4.78, 5) is 1.33. The van der Waals surface area contributed by atoms with Gasteiger partial charge in [0.2, 0.25) is 0 Å². The summed E-state index contributed by atoms with van der Waals surface area (Å²) in [5, 5.41) is 3.25. The molecule has 1 aromatic carbocycles. The van der Waals surface area contributed by atoms with Crippen molar-refractivity contribution in [1.29, 1.82) is 0 Å². The van der Waals surface area contributed by atoms with Crippen LogP contribution < -0.4 is 5.32 Å². The fourth-order valence-electron chi connectivity index (χ4n) is 0.950. The number of benzene rings is 1. The van der Waals surface area contributed by atoms with Crippen LogP contribution in [0.2, 0.25) is 0 Å². The first-order valence-electron chi connectivity index (χ1n) is 4.38. The second-order valence-corrected chi connectivity index (χ2v) is 4.15. The summed E-state index contributed by atoms with van der Waals surface area (Å²) < 4.78 is 0. The Bertz CT molecular complexity index is 215. The average molecular weight is 216 g/mol. The van der Waals surface area contributed by atoms with Crippen molar-refractivity contribution in [3.63, 3.8) is 0 Å². The molecule has 1 aromatic rings. The average Bonchev–Trinajstić information content (AvgIpc) is 2.19. The van der Waals surface area contributed by atoms with E-state index in [0.717, 1.165) is 18.8 Å². The molecule has 0 amide bonds. The summed E-state index contributed by atoms with van der Waals surface area (Å²) in [6, 6.07) is 10.4. The second-order valence-electron chi connectivity index (χ2n) is 2.60. The molecule has 0 fully saturated rings. The molecule has 72 valence electrons. The minimum Gasteiger partial charge on any atom is -0.315 e. The van der Waals surface area contributed by atoms with E-state index in [1.54, 1.807) is 0 Å². The highest BCUT2D eigenvalue weighted by Crippen LogP contribution is 2.15. The molecule has 1 nitrogen and oxygen atoms in total. The van der Waals surface area contributed by atoms with E-state index >= 15 is 0 Å². The highest BCUT2D eigenvalue weighted by molar-refractivity contribution is 7.99. The third kappa shape index (κ3) is 5.19. The van der Waals surface area contributed by atoms with Gasteiger partial charge in [-0.1, -0.05) is 18.2 Å². The smallest absolute Gasteiger partial charge is 0.0348 e. The quantitative estimate of drug-likeness (QED) is 0.445. The largest absolute Gasteiger partial charge is 0.315 e. The van der Waals surface area contributed by atoms with Crippen molar-refractivity contribution >= 4 is 23.4 Å². The van der Waals surface area contributed by atoms with E-state index in [1.165, 1.54) is 4.90 Å². The maximum Gasteiger partial charge on any atom is 0.0348 e. The molecule has 0 radical (unpaired) electrons. The Hall–Kier alpha value is -0.180. The summed E-state index contributed by atoms with van der Waals surface area (Å²) in [6.45, 7) is 1.92. The summed E-state index contributed by atoms with van der Waals surface area (Å²) in [6.07, 6.45) is 0. The number of thioether (sulfide) groups is 1. The fourth-order valence-corrected chi connectivity index (χ4v) is 1.91. The predicted octanol–water partition coefficient (Wildman–Crippen LogP) is 2.61. The molecular weight excluding hydrogens is 202 g/mol. The van der Waals surface area contributed by atoms with Crippen molar-refractivity contribution in [2.45, 2.75) is 4.90 Å². The first-order chi connectivity index (χ1) is 6.43. The molecule has 0 aromatic heterocycles. The van der Waals surface area contributed by atoms with Gasteiger partial charge in [-0.25, -0.2) is 0 Å². The SMILES string of the molecule is ClCCNCCSc1ccccc1. The van der Waals surface area contributed by atoms with Crippen LogP contribution in [0, 0.1) is 0 Å². The van der Waals surface area contributed by atoms with Crippen molar-refractivity contribution in [3.8, 4) is 0 Å². The van der Waals surface area contributed by atoms with Crippen LogP contribution in [-0.2, 0) is 0 Å². The van der Waals surface area contributed by atoms with Gasteiger partial charge in [0.05, 0.1) is 0 Å². The lowest BCUT2D eigenvalue weighted by Gasteiger charge is -2.02. The van der Waals surface area contributed by atoms with E-state index in [-0.39, 0.29) is 0 Å². The van der Waals surface area contributed by atoms with Crippen LogP contribution in [0.5, 0.6) is 0 Å². The first-order valence-corrected chi connectivity index (χ1v) is 5.90. The van der Waals surface area contributed by atoms with Gasteiger partial charge in [-0.15, -0.1) is 23.4 Å². The van der Waals surface area contributed by atoms with Crippen LogP contribution in [0.4, 0.5) is 0 Å². The molecule has 0 atom stereocenters. The van der Waals surface area contributed by atoms with Crippen LogP contribution in [-0.4, -0.2) is 24.7 Å². The Morgan fingerprint density at radius 3 is 2.62 bits per heavy atom. The molecule has 0 saturated heterocycles. The van der Waals surface area contributed by atoms with Crippen LogP contribution in [0.15, 0.2) is 35.2 Å². The normalized spacial score (nSPS) is 10.2. The summed E-state index contributed by atoms with van der Waals surface area (Å²) in [7, 11) is 0. The van der Waals surface area contributed by atoms with Gasteiger partial charge >= 0.3 is 0 Å². The number of hydrogen-bond donors (Lipinski definition) is 1. The van der Waals surface area contributed by atoms with E-state index in [4.69, 9.17) is 11.6 Å². The van der Waals surface area contributed by atoms with Crippen molar-refractivity contribution in [2.75, 3.05) is 24.7 Å². The second kappa shape index (κ2) is 7.25. The molecular formula is C10H14ClNS. The molecule has 1 N–H and O–H groups in total. The third-order valence-corrected chi connectivity index (χ3v) is 2.76. The lowest BCUT2D eigenvalue weighted by Crippen LogP contribution is -2.19. The Labute approximate surface area is 88.9 Å². The van der Waals surface area contributed by atoms with Crippen LogP contribution in [0.1, 0.15) is 0 Å². The van der Waals surface area contributed by atoms with E-state index in [9.17, 15) is 0 Å². The number of alkyl halides is 1. The van der Waals surface area contributed by atoms with E-state index in [1.807, 2.05) is 17.8 Å². The zero-order chi connectivity index (χ0) is 9.36. The fraction of sp³-hybridized carbons (Fsp3) is 0.400. The zero-order valence-electron chi connectivity index (χ0n) is 7.50. The monoisotopic (exact) mass is 215 g/mol. The molecule has 0 unspecified atom stereocenters. The van der Waals surface area contributed by atoms with Gasteiger partial charge in [0.15, 0.2) is 0 Å². The maximum absolute atomic E-state index is 5.53. The van der Waals surface area contributed by atoms with Crippen LogP contribution in [0.3, 0.4) is 0 Å². The standard InChI is InChI=1S/C10H14ClNS/c11-6-7-12-8-9-13-10-4-2-1-3-5-10/h1-5,12H,6-9H2. The Balaban J connectivity index is 2.07. The van der Waals surface area contributed by atoms with Crippen LogP contribution >= 0.6 is 23.4 Å². The number of hydrogen-bond acceptors (Lipinski definition) is 2. The Kier molecular flexibility index (Phi) is 6.07. The van der Waals surface area contributed by atoms with Gasteiger partial charge < -0.3 is 5.32 Å². The lowest BCUT2D eigenvalue weighted by molar-refractivity contribution is 0.772. The molecule has 0 aliphatic carbocycles. The predicted molar refractivity (Wildman–Crippen MR) is 60.8 cm³/mol. The third-order valence-electron chi connectivity index (χ3n) is 1.56. The lowest BCUT2D eigenvalue weighted by atomic mass is 10.4. The molecule has 0 aliphatic heterocycles. The molecule has 3 heteroatoms. The molecule has 13 heavy (non-hydrogen) atoms. The minimum atomic E-state index is 0.690. The Morgan fingerprint density at radius 1 is 1.15 bits per heavy atom. The topological polar surface area (TPSA) is 12.0 Å². The van der Waals surface area contributed by atoms with Crippen molar-refractivity contribution < 1.29 is 0 Å². The summed E-state index contributed by atoms with van der Waals surface area (Å²) in [5.74, 6) is 1.79. The highest BCUT2D eigenvalue weighted by Gasteiger charge is 1.91. The number of rotatable bonds is 6. The van der Waals surface area contributed by atoms with Crippen molar-refractivity contribution in [3.05, 3.63) is 30.3 Å². The van der Waals surface area contributed by atoms with Gasteiger partial charge in [0.25, 0.3) is 0 Å². The molecule has 0 bridgehead atoms. The molecule has 0 saturated carbocycles. The zero-order valence-corrected chi connectivity index (χ0v) is 9.07.